The van der Waals surface area contributed by atoms with Crippen LogP contribution in [0.25, 0.3) is 0 Å². The first-order valence-corrected chi connectivity index (χ1v) is 5.83. The molecular formula is C13H17NO. The van der Waals surface area contributed by atoms with Crippen molar-refractivity contribution in [3.05, 3.63) is 35.4 Å². The minimum absolute atomic E-state index is 0.163. The quantitative estimate of drug-likeness (QED) is 0.673. The smallest absolute Gasteiger partial charge is 0.0845 e. The summed E-state index contributed by atoms with van der Waals surface area (Å²) < 4.78 is 0. The summed E-state index contributed by atoms with van der Waals surface area (Å²) >= 11 is 0. The van der Waals surface area contributed by atoms with E-state index in [1.165, 1.54) is 11.1 Å². The molecule has 1 aromatic carbocycles. The van der Waals surface area contributed by atoms with Crippen molar-refractivity contribution >= 4 is 0 Å². The topological polar surface area (TPSA) is 32.3 Å². The van der Waals surface area contributed by atoms with Crippen LogP contribution >= 0.6 is 0 Å². The second-order valence-electron chi connectivity index (χ2n) is 4.79. The van der Waals surface area contributed by atoms with Gasteiger partial charge < -0.3 is 10.4 Å². The molecule has 0 radical (unpaired) electrons. The van der Waals surface area contributed by atoms with Crippen molar-refractivity contribution in [2.75, 3.05) is 6.54 Å². The molecule has 1 aromatic rings. The van der Waals surface area contributed by atoms with E-state index >= 15 is 0 Å². The molecule has 2 atom stereocenters. The Morgan fingerprint density at radius 2 is 2.13 bits per heavy atom. The average Bonchev–Trinajstić information content (AvgIpc) is 2.28. The maximum atomic E-state index is 10.6. The van der Waals surface area contributed by atoms with E-state index < -0.39 is 5.60 Å². The Bertz CT molecular complexity index is 377. The summed E-state index contributed by atoms with van der Waals surface area (Å²) in [5.74, 6) is 0. The minimum atomic E-state index is -0.493. The number of piperidine rings is 1. The van der Waals surface area contributed by atoms with Gasteiger partial charge in [-0.25, -0.2) is 0 Å². The molecule has 2 aliphatic rings. The maximum absolute atomic E-state index is 10.6. The Morgan fingerprint density at radius 3 is 3.07 bits per heavy atom. The van der Waals surface area contributed by atoms with Gasteiger partial charge in [-0.05, 0) is 43.4 Å². The lowest BCUT2D eigenvalue weighted by molar-refractivity contribution is -0.0374. The van der Waals surface area contributed by atoms with E-state index in [-0.39, 0.29) is 6.04 Å². The van der Waals surface area contributed by atoms with Crippen molar-refractivity contribution in [1.82, 2.24) is 5.32 Å². The molecular weight excluding hydrogens is 186 g/mol. The van der Waals surface area contributed by atoms with Crippen molar-refractivity contribution in [3.63, 3.8) is 0 Å². The molecule has 0 saturated carbocycles. The Kier molecular flexibility index (Phi) is 2.08. The van der Waals surface area contributed by atoms with E-state index in [0.29, 0.717) is 0 Å². The Balaban J connectivity index is 2.05. The molecule has 15 heavy (non-hydrogen) atoms. The van der Waals surface area contributed by atoms with Crippen molar-refractivity contribution < 1.29 is 5.11 Å². The van der Waals surface area contributed by atoms with Crippen LogP contribution in [-0.2, 0) is 6.42 Å². The van der Waals surface area contributed by atoms with E-state index in [4.69, 9.17) is 0 Å². The van der Waals surface area contributed by atoms with Crippen molar-refractivity contribution in [3.8, 4) is 0 Å². The van der Waals surface area contributed by atoms with Gasteiger partial charge in [0.2, 0.25) is 0 Å². The van der Waals surface area contributed by atoms with Crippen molar-refractivity contribution in [2.45, 2.75) is 37.3 Å². The summed E-state index contributed by atoms with van der Waals surface area (Å²) in [5.41, 5.74) is 2.22. The van der Waals surface area contributed by atoms with Crippen LogP contribution in [-0.4, -0.2) is 17.3 Å². The Hall–Kier alpha value is -0.860. The highest BCUT2D eigenvalue weighted by molar-refractivity contribution is 5.35. The monoisotopic (exact) mass is 203 g/mol. The van der Waals surface area contributed by atoms with Crippen LogP contribution < -0.4 is 5.32 Å². The Labute approximate surface area is 90.3 Å². The summed E-state index contributed by atoms with van der Waals surface area (Å²) in [7, 11) is 0. The van der Waals surface area contributed by atoms with Gasteiger partial charge in [0, 0.05) is 0 Å². The van der Waals surface area contributed by atoms with Crippen LogP contribution in [0.4, 0.5) is 0 Å². The first kappa shape index (κ1) is 9.37. The lowest BCUT2D eigenvalue weighted by atomic mass is 9.72. The zero-order valence-corrected chi connectivity index (χ0v) is 8.87. The number of nitrogens with one attached hydrogen (secondary N) is 1. The molecule has 1 fully saturated rings. The first-order chi connectivity index (χ1) is 7.30. The third-order valence-corrected chi connectivity index (χ3v) is 3.87. The predicted octanol–water partition coefficient (Wildman–Crippen LogP) is 1.79. The molecule has 1 heterocycles. The predicted molar refractivity (Wildman–Crippen MR) is 59.7 cm³/mol. The highest BCUT2D eigenvalue weighted by Gasteiger charge is 2.42. The van der Waals surface area contributed by atoms with Gasteiger partial charge in [0.25, 0.3) is 0 Å². The minimum Gasteiger partial charge on any atom is -0.388 e. The fourth-order valence-electron chi connectivity index (χ4n) is 3.04. The average molecular weight is 203 g/mol. The van der Waals surface area contributed by atoms with Crippen LogP contribution in [0.2, 0.25) is 0 Å². The number of fused-ring (bicyclic) bond motifs is 3. The van der Waals surface area contributed by atoms with Gasteiger partial charge in [0.15, 0.2) is 0 Å². The normalized spacial score (nSPS) is 34.3. The zero-order valence-electron chi connectivity index (χ0n) is 8.87. The van der Waals surface area contributed by atoms with Crippen LogP contribution in [0.3, 0.4) is 0 Å². The molecule has 80 valence electrons. The van der Waals surface area contributed by atoms with Gasteiger partial charge in [-0.2, -0.15) is 0 Å². The van der Waals surface area contributed by atoms with E-state index in [1.54, 1.807) is 0 Å². The van der Waals surface area contributed by atoms with E-state index in [2.05, 4.69) is 29.6 Å². The number of benzene rings is 1. The van der Waals surface area contributed by atoms with E-state index in [0.717, 1.165) is 32.2 Å². The lowest BCUT2D eigenvalue weighted by Crippen LogP contribution is -2.51. The van der Waals surface area contributed by atoms with Crippen LogP contribution in [0.5, 0.6) is 0 Å². The van der Waals surface area contributed by atoms with Crippen molar-refractivity contribution in [1.29, 1.82) is 0 Å². The first-order valence-electron chi connectivity index (χ1n) is 5.83. The fourth-order valence-corrected chi connectivity index (χ4v) is 3.04. The van der Waals surface area contributed by atoms with Gasteiger partial charge in [-0.3, -0.25) is 0 Å². The van der Waals surface area contributed by atoms with Gasteiger partial charge in [0.05, 0.1) is 11.6 Å². The second-order valence-corrected chi connectivity index (χ2v) is 4.79. The van der Waals surface area contributed by atoms with Gasteiger partial charge in [-0.15, -0.1) is 0 Å². The molecule has 0 bridgehead atoms. The number of rotatable bonds is 0. The molecule has 2 heteroatoms. The molecule has 1 aliphatic heterocycles. The summed E-state index contributed by atoms with van der Waals surface area (Å²) in [4.78, 5) is 0. The van der Waals surface area contributed by atoms with Gasteiger partial charge in [-0.1, -0.05) is 24.3 Å². The lowest BCUT2D eigenvalue weighted by Gasteiger charge is -2.45. The molecule has 0 amide bonds. The standard InChI is InChI=1S/C13H17NO/c15-13-7-3-9-14-12(13)11-5-2-1-4-10(11)6-8-13/h1-2,4-5,12,14-15H,3,6-9H2/t12-,13+/m0/s1. The third kappa shape index (κ3) is 1.40. The zero-order chi connectivity index (χ0) is 10.3. The second kappa shape index (κ2) is 3.32. The molecule has 2 nitrogen and oxygen atoms in total. The number of hydrogen-bond acceptors (Lipinski definition) is 2. The largest absolute Gasteiger partial charge is 0.388 e. The summed E-state index contributed by atoms with van der Waals surface area (Å²) in [6.07, 6.45) is 3.96. The highest BCUT2D eigenvalue weighted by Crippen LogP contribution is 2.41. The molecule has 3 rings (SSSR count). The molecule has 1 saturated heterocycles. The van der Waals surface area contributed by atoms with Crippen LogP contribution in [0.15, 0.2) is 24.3 Å². The fraction of sp³-hybridized carbons (Fsp3) is 0.538. The summed E-state index contributed by atoms with van der Waals surface area (Å²) in [6, 6.07) is 8.66. The molecule has 0 spiro atoms. The van der Waals surface area contributed by atoms with Crippen LogP contribution in [0.1, 0.15) is 36.4 Å². The third-order valence-electron chi connectivity index (χ3n) is 3.87. The SMILES string of the molecule is O[C@@]12CCCN[C@H]1c1ccccc1CC2. The summed E-state index contributed by atoms with van der Waals surface area (Å²) in [5, 5.41) is 14.0. The number of hydrogen-bond donors (Lipinski definition) is 2. The number of aliphatic hydroxyl groups is 1. The van der Waals surface area contributed by atoms with E-state index in [9.17, 15) is 5.11 Å². The van der Waals surface area contributed by atoms with E-state index in [1.807, 2.05) is 0 Å². The highest BCUT2D eigenvalue weighted by atomic mass is 16.3. The number of aryl methyl sites for hydroxylation is 1. The van der Waals surface area contributed by atoms with Gasteiger partial charge >= 0.3 is 0 Å². The molecule has 2 N–H and O–H groups in total. The molecule has 1 aliphatic carbocycles. The van der Waals surface area contributed by atoms with Crippen molar-refractivity contribution in [2.24, 2.45) is 0 Å². The van der Waals surface area contributed by atoms with Gasteiger partial charge in [0.1, 0.15) is 0 Å². The maximum Gasteiger partial charge on any atom is 0.0845 e. The molecule has 0 aromatic heterocycles. The summed E-state index contributed by atoms with van der Waals surface area (Å²) in [6.45, 7) is 1.03. The van der Waals surface area contributed by atoms with Crippen LogP contribution in [0, 0.1) is 0 Å². The molecule has 0 unspecified atom stereocenters. The Morgan fingerprint density at radius 1 is 1.27 bits per heavy atom.